The molecule has 0 bridgehead atoms. The van der Waals surface area contributed by atoms with Crippen LogP contribution in [0.4, 0.5) is 0 Å². The Morgan fingerprint density at radius 2 is 1.95 bits per heavy atom. The van der Waals surface area contributed by atoms with Gasteiger partial charge in [-0.1, -0.05) is 23.8 Å². The van der Waals surface area contributed by atoms with Crippen molar-refractivity contribution in [1.82, 2.24) is 15.1 Å². The molecule has 114 valence electrons. The standard InChI is InChI=1S/C17H19N3OS/c1-12-6-8-14(9-7-12)17-19-18-16(21-17)13(2)20(3)11-15-5-4-10-22-15/h4-10,13H,11H2,1-3H3. The van der Waals surface area contributed by atoms with Gasteiger partial charge >= 0.3 is 0 Å². The Morgan fingerprint density at radius 3 is 2.64 bits per heavy atom. The van der Waals surface area contributed by atoms with Gasteiger partial charge < -0.3 is 4.42 Å². The van der Waals surface area contributed by atoms with Crippen LogP contribution < -0.4 is 0 Å². The first kappa shape index (κ1) is 14.9. The molecule has 1 atom stereocenters. The van der Waals surface area contributed by atoms with Crippen LogP contribution in [0.2, 0.25) is 0 Å². The van der Waals surface area contributed by atoms with Crippen LogP contribution in [0.15, 0.2) is 46.2 Å². The van der Waals surface area contributed by atoms with Gasteiger partial charge in [-0.05, 0) is 44.5 Å². The second kappa shape index (κ2) is 6.42. The molecule has 0 fully saturated rings. The van der Waals surface area contributed by atoms with Crippen molar-refractivity contribution < 1.29 is 4.42 Å². The topological polar surface area (TPSA) is 42.2 Å². The highest BCUT2D eigenvalue weighted by Gasteiger charge is 2.19. The highest BCUT2D eigenvalue weighted by Crippen LogP contribution is 2.25. The van der Waals surface area contributed by atoms with Gasteiger partial charge in [-0.3, -0.25) is 4.90 Å². The molecule has 1 unspecified atom stereocenters. The highest BCUT2D eigenvalue weighted by molar-refractivity contribution is 7.09. The SMILES string of the molecule is Cc1ccc(-c2nnc(C(C)N(C)Cc3cccs3)o2)cc1. The summed E-state index contributed by atoms with van der Waals surface area (Å²) in [5.41, 5.74) is 2.17. The summed E-state index contributed by atoms with van der Waals surface area (Å²) in [5.74, 6) is 1.22. The van der Waals surface area contributed by atoms with Crippen LogP contribution in [-0.4, -0.2) is 22.1 Å². The Labute approximate surface area is 134 Å². The maximum Gasteiger partial charge on any atom is 0.247 e. The van der Waals surface area contributed by atoms with E-state index >= 15 is 0 Å². The van der Waals surface area contributed by atoms with Crippen LogP contribution in [0, 0.1) is 6.92 Å². The molecule has 0 aliphatic carbocycles. The van der Waals surface area contributed by atoms with E-state index in [1.165, 1.54) is 10.4 Å². The van der Waals surface area contributed by atoms with Crippen molar-refractivity contribution in [1.29, 1.82) is 0 Å². The van der Waals surface area contributed by atoms with E-state index in [1.54, 1.807) is 11.3 Å². The Kier molecular flexibility index (Phi) is 4.36. The number of nitrogens with zero attached hydrogens (tertiary/aromatic N) is 3. The first-order chi connectivity index (χ1) is 10.6. The van der Waals surface area contributed by atoms with Crippen molar-refractivity contribution in [3.05, 3.63) is 58.1 Å². The van der Waals surface area contributed by atoms with Crippen molar-refractivity contribution in [2.24, 2.45) is 0 Å². The molecule has 3 aromatic rings. The Balaban J connectivity index is 1.73. The minimum atomic E-state index is 0.0776. The van der Waals surface area contributed by atoms with Crippen LogP contribution in [-0.2, 0) is 6.54 Å². The van der Waals surface area contributed by atoms with Crippen molar-refractivity contribution >= 4 is 11.3 Å². The quantitative estimate of drug-likeness (QED) is 0.704. The molecule has 1 aromatic carbocycles. The average Bonchev–Trinajstić information content (AvgIpc) is 3.18. The Hall–Kier alpha value is -1.98. The number of hydrogen-bond donors (Lipinski definition) is 0. The summed E-state index contributed by atoms with van der Waals surface area (Å²) in [7, 11) is 2.07. The number of hydrogen-bond acceptors (Lipinski definition) is 5. The van der Waals surface area contributed by atoms with Gasteiger partial charge in [0.15, 0.2) is 0 Å². The van der Waals surface area contributed by atoms with Gasteiger partial charge in [-0.2, -0.15) is 0 Å². The van der Waals surface area contributed by atoms with Gasteiger partial charge in [0.25, 0.3) is 0 Å². The normalized spacial score (nSPS) is 12.7. The first-order valence-electron chi connectivity index (χ1n) is 7.26. The van der Waals surface area contributed by atoms with E-state index in [0.29, 0.717) is 11.8 Å². The van der Waals surface area contributed by atoms with Gasteiger partial charge in [0.1, 0.15) is 0 Å². The fourth-order valence-electron chi connectivity index (χ4n) is 2.19. The third-order valence-corrected chi connectivity index (χ3v) is 4.60. The zero-order valence-electron chi connectivity index (χ0n) is 13.0. The van der Waals surface area contributed by atoms with E-state index in [9.17, 15) is 0 Å². The lowest BCUT2D eigenvalue weighted by atomic mass is 10.1. The predicted molar refractivity (Wildman–Crippen MR) is 88.7 cm³/mol. The molecule has 3 rings (SSSR count). The fourth-order valence-corrected chi connectivity index (χ4v) is 2.96. The summed E-state index contributed by atoms with van der Waals surface area (Å²) in [6.07, 6.45) is 0. The largest absolute Gasteiger partial charge is 0.419 e. The minimum absolute atomic E-state index is 0.0776. The van der Waals surface area contributed by atoms with Gasteiger partial charge in [0.2, 0.25) is 11.8 Å². The Bertz CT molecular complexity index is 719. The lowest BCUT2D eigenvalue weighted by molar-refractivity contribution is 0.219. The summed E-state index contributed by atoms with van der Waals surface area (Å²) in [6, 6.07) is 12.4. The second-order valence-electron chi connectivity index (χ2n) is 5.48. The molecule has 0 spiro atoms. The van der Waals surface area contributed by atoms with Crippen LogP contribution in [0.5, 0.6) is 0 Å². The van der Waals surface area contributed by atoms with Crippen LogP contribution >= 0.6 is 11.3 Å². The number of aryl methyl sites for hydroxylation is 1. The molecule has 4 nitrogen and oxygen atoms in total. The zero-order valence-corrected chi connectivity index (χ0v) is 13.8. The molecule has 0 radical (unpaired) electrons. The first-order valence-corrected chi connectivity index (χ1v) is 8.14. The average molecular weight is 313 g/mol. The lowest BCUT2D eigenvalue weighted by Gasteiger charge is -2.20. The molecule has 5 heteroatoms. The van der Waals surface area contributed by atoms with E-state index in [4.69, 9.17) is 4.42 Å². The highest BCUT2D eigenvalue weighted by atomic mass is 32.1. The molecule has 0 saturated heterocycles. The molecular formula is C17H19N3OS. The maximum absolute atomic E-state index is 5.85. The van der Waals surface area contributed by atoms with Crippen molar-refractivity contribution in [2.45, 2.75) is 26.4 Å². The van der Waals surface area contributed by atoms with E-state index in [0.717, 1.165) is 12.1 Å². The molecule has 0 N–H and O–H groups in total. The van der Waals surface area contributed by atoms with Gasteiger partial charge in [-0.25, -0.2) is 0 Å². The molecule has 0 aliphatic rings. The number of benzene rings is 1. The van der Waals surface area contributed by atoms with Crippen molar-refractivity contribution in [3.8, 4) is 11.5 Å². The number of rotatable bonds is 5. The maximum atomic E-state index is 5.85. The molecular weight excluding hydrogens is 294 g/mol. The molecule has 0 saturated carbocycles. The lowest BCUT2D eigenvalue weighted by Crippen LogP contribution is -2.21. The van der Waals surface area contributed by atoms with Crippen molar-refractivity contribution in [3.63, 3.8) is 0 Å². The summed E-state index contributed by atoms with van der Waals surface area (Å²) in [4.78, 5) is 3.53. The van der Waals surface area contributed by atoms with Crippen LogP contribution in [0.1, 0.15) is 29.3 Å². The van der Waals surface area contributed by atoms with E-state index in [-0.39, 0.29) is 6.04 Å². The Morgan fingerprint density at radius 1 is 1.18 bits per heavy atom. The van der Waals surface area contributed by atoms with E-state index < -0.39 is 0 Å². The van der Waals surface area contributed by atoms with Crippen LogP contribution in [0.3, 0.4) is 0 Å². The summed E-state index contributed by atoms with van der Waals surface area (Å²) in [6.45, 7) is 5.02. The molecule has 0 amide bonds. The van der Waals surface area contributed by atoms with E-state index in [1.807, 2.05) is 24.3 Å². The summed E-state index contributed by atoms with van der Waals surface area (Å²) < 4.78 is 5.85. The summed E-state index contributed by atoms with van der Waals surface area (Å²) >= 11 is 1.76. The van der Waals surface area contributed by atoms with E-state index in [2.05, 4.69) is 53.5 Å². The van der Waals surface area contributed by atoms with Gasteiger partial charge in [0, 0.05) is 17.0 Å². The minimum Gasteiger partial charge on any atom is -0.419 e. The smallest absolute Gasteiger partial charge is 0.247 e. The van der Waals surface area contributed by atoms with Crippen molar-refractivity contribution in [2.75, 3.05) is 7.05 Å². The molecule has 22 heavy (non-hydrogen) atoms. The van der Waals surface area contributed by atoms with Crippen LogP contribution in [0.25, 0.3) is 11.5 Å². The zero-order chi connectivity index (χ0) is 15.5. The molecule has 2 heterocycles. The fraction of sp³-hybridized carbons (Fsp3) is 0.294. The monoisotopic (exact) mass is 313 g/mol. The van der Waals surface area contributed by atoms with Gasteiger partial charge in [0.05, 0.1) is 6.04 Å². The summed E-state index contributed by atoms with van der Waals surface area (Å²) in [5, 5.41) is 10.5. The van der Waals surface area contributed by atoms with Gasteiger partial charge in [-0.15, -0.1) is 21.5 Å². The molecule has 0 aliphatic heterocycles. The third kappa shape index (κ3) is 3.26. The number of aromatic nitrogens is 2. The molecule has 2 aromatic heterocycles. The number of thiophene rings is 1. The third-order valence-electron chi connectivity index (χ3n) is 3.74. The second-order valence-corrected chi connectivity index (χ2v) is 6.51. The predicted octanol–water partition coefficient (Wildman–Crippen LogP) is 4.30.